The first-order chi connectivity index (χ1) is 8.04. The Morgan fingerprint density at radius 2 is 2.35 bits per heavy atom. The number of nitrogens with two attached hydrogens (primary N) is 1. The van der Waals surface area contributed by atoms with Crippen molar-refractivity contribution < 1.29 is 4.79 Å². The van der Waals surface area contributed by atoms with E-state index in [0.717, 1.165) is 6.54 Å². The molecule has 1 aromatic rings. The number of carbonyl (C=O) groups is 1. The van der Waals surface area contributed by atoms with Crippen molar-refractivity contribution in [3.63, 3.8) is 0 Å². The number of hydrogen-bond donors (Lipinski definition) is 3. The van der Waals surface area contributed by atoms with Gasteiger partial charge in [-0.15, -0.1) is 6.42 Å². The fraction of sp³-hybridized carbons (Fsp3) is 0.455. The molecule has 1 aromatic heterocycles. The summed E-state index contributed by atoms with van der Waals surface area (Å²) in [4.78, 5) is 16.1. The highest BCUT2D eigenvalue weighted by Crippen LogP contribution is 2.24. The van der Waals surface area contributed by atoms with E-state index in [1.165, 1.54) is 11.3 Å². The number of hydrogen-bond acceptors (Lipinski definition) is 5. The molecule has 0 atom stereocenters. The van der Waals surface area contributed by atoms with Crippen LogP contribution in [-0.2, 0) is 0 Å². The van der Waals surface area contributed by atoms with Gasteiger partial charge in [-0.2, -0.15) is 0 Å². The minimum atomic E-state index is -0.282. The van der Waals surface area contributed by atoms with Crippen molar-refractivity contribution in [3.05, 3.63) is 4.88 Å². The van der Waals surface area contributed by atoms with Gasteiger partial charge in [0, 0.05) is 6.54 Å². The van der Waals surface area contributed by atoms with E-state index in [-0.39, 0.29) is 18.3 Å². The molecular weight excluding hydrogens is 236 g/mol. The molecule has 6 heteroatoms. The van der Waals surface area contributed by atoms with E-state index in [4.69, 9.17) is 12.2 Å². The second kappa shape index (κ2) is 6.11. The Kier molecular flexibility index (Phi) is 4.79. The Balaban J connectivity index is 2.68. The number of anilines is 2. The van der Waals surface area contributed by atoms with Crippen LogP contribution in [0.25, 0.3) is 0 Å². The highest BCUT2D eigenvalue weighted by molar-refractivity contribution is 7.18. The quantitative estimate of drug-likeness (QED) is 0.687. The Morgan fingerprint density at radius 3 is 2.94 bits per heavy atom. The number of nitrogen functional groups attached to an aromatic ring is 1. The third-order valence-electron chi connectivity index (χ3n) is 1.87. The minimum absolute atomic E-state index is 0.185. The van der Waals surface area contributed by atoms with Crippen molar-refractivity contribution in [1.82, 2.24) is 10.3 Å². The van der Waals surface area contributed by atoms with Gasteiger partial charge >= 0.3 is 0 Å². The van der Waals surface area contributed by atoms with Crippen LogP contribution in [0.3, 0.4) is 0 Å². The standard InChI is InChI=1S/C11H16N4OS/c1-4-5-13-10(16)8-9(12)15-11(17-8)14-6-7(2)3/h1,7H,5-6,12H2,2-3H3,(H,13,16)(H,14,15). The molecule has 0 fully saturated rings. The summed E-state index contributed by atoms with van der Waals surface area (Å²) < 4.78 is 0. The normalized spacial score (nSPS) is 10.0. The van der Waals surface area contributed by atoms with E-state index in [9.17, 15) is 4.79 Å². The summed E-state index contributed by atoms with van der Waals surface area (Å²) in [6.45, 7) is 5.15. The lowest BCUT2D eigenvalue weighted by atomic mass is 10.2. The molecule has 4 N–H and O–H groups in total. The van der Waals surface area contributed by atoms with Crippen LogP contribution >= 0.6 is 11.3 Å². The van der Waals surface area contributed by atoms with E-state index >= 15 is 0 Å². The Morgan fingerprint density at radius 1 is 1.65 bits per heavy atom. The molecule has 0 aromatic carbocycles. The maximum absolute atomic E-state index is 11.6. The summed E-state index contributed by atoms with van der Waals surface area (Å²) in [5.41, 5.74) is 5.67. The summed E-state index contributed by atoms with van der Waals surface area (Å²) in [6.07, 6.45) is 5.06. The summed E-state index contributed by atoms with van der Waals surface area (Å²) in [5.74, 6) is 2.78. The molecule has 0 unspecified atom stereocenters. The van der Waals surface area contributed by atoms with Gasteiger partial charge in [0.1, 0.15) is 10.7 Å². The molecule has 0 bridgehead atoms. The maximum Gasteiger partial charge on any atom is 0.266 e. The fourth-order valence-corrected chi connectivity index (χ4v) is 1.88. The number of amides is 1. The highest BCUT2D eigenvalue weighted by Gasteiger charge is 2.15. The number of thiazole rings is 1. The van der Waals surface area contributed by atoms with Crippen LogP contribution in [-0.4, -0.2) is 24.0 Å². The zero-order chi connectivity index (χ0) is 12.8. The third-order valence-corrected chi connectivity index (χ3v) is 2.90. The van der Waals surface area contributed by atoms with Crippen molar-refractivity contribution in [2.45, 2.75) is 13.8 Å². The van der Waals surface area contributed by atoms with Crippen molar-refractivity contribution in [3.8, 4) is 12.3 Å². The molecule has 1 rings (SSSR count). The second-order valence-electron chi connectivity index (χ2n) is 3.89. The Bertz CT molecular complexity index is 433. The summed E-state index contributed by atoms with van der Waals surface area (Å²) in [6, 6.07) is 0. The third kappa shape index (κ3) is 3.96. The second-order valence-corrected chi connectivity index (χ2v) is 4.89. The van der Waals surface area contributed by atoms with Crippen LogP contribution in [0.15, 0.2) is 0 Å². The molecule has 1 amide bonds. The lowest BCUT2D eigenvalue weighted by Gasteiger charge is -2.04. The van der Waals surface area contributed by atoms with E-state index in [0.29, 0.717) is 15.9 Å². The van der Waals surface area contributed by atoms with Crippen LogP contribution in [0.4, 0.5) is 10.9 Å². The fourth-order valence-electron chi connectivity index (χ4n) is 1.07. The van der Waals surface area contributed by atoms with Gasteiger partial charge in [0.25, 0.3) is 5.91 Å². The van der Waals surface area contributed by atoms with E-state index in [1.807, 2.05) is 0 Å². The topological polar surface area (TPSA) is 80.0 Å². The number of terminal acetylenes is 1. The Hall–Kier alpha value is -1.74. The number of nitrogens with zero attached hydrogens (tertiary/aromatic N) is 1. The molecule has 1 heterocycles. The first-order valence-electron chi connectivity index (χ1n) is 5.26. The van der Waals surface area contributed by atoms with Crippen LogP contribution in [0.2, 0.25) is 0 Å². The van der Waals surface area contributed by atoms with Gasteiger partial charge in [-0.25, -0.2) is 4.98 Å². The Labute approximate surface area is 105 Å². The predicted octanol–water partition coefficient (Wildman–Crippen LogP) is 1.16. The van der Waals surface area contributed by atoms with Gasteiger partial charge in [0.05, 0.1) is 6.54 Å². The molecule has 0 spiro atoms. The van der Waals surface area contributed by atoms with Crippen LogP contribution in [0.5, 0.6) is 0 Å². The summed E-state index contributed by atoms with van der Waals surface area (Å²) >= 11 is 1.23. The molecule has 0 radical (unpaired) electrons. The van der Waals surface area contributed by atoms with Gasteiger partial charge in [0.15, 0.2) is 5.13 Å². The zero-order valence-electron chi connectivity index (χ0n) is 9.91. The van der Waals surface area contributed by atoms with Gasteiger partial charge < -0.3 is 16.4 Å². The number of carbonyl (C=O) groups excluding carboxylic acids is 1. The molecule has 5 nitrogen and oxygen atoms in total. The average molecular weight is 252 g/mol. The maximum atomic E-state index is 11.6. The molecule has 17 heavy (non-hydrogen) atoms. The molecule has 92 valence electrons. The summed E-state index contributed by atoms with van der Waals surface area (Å²) in [5, 5.41) is 6.33. The highest BCUT2D eigenvalue weighted by atomic mass is 32.1. The lowest BCUT2D eigenvalue weighted by Crippen LogP contribution is -2.23. The van der Waals surface area contributed by atoms with Gasteiger partial charge in [-0.3, -0.25) is 4.79 Å². The van der Waals surface area contributed by atoms with Crippen molar-refractivity contribution in [2.75, 3.05) is 24.1 Å². The molecule has 0 saturated carbocycles. The largest absolute Gasteiger partial charge is 0.382 e. The van der Waals surface area contributed by atoms with E-state index in [1.54, 1.807) is 0 Å². The molecular formula is C11H16N4OS. The van der Waals surface area contributed by atoms with Crippen molar-refractivity contribution in [2.24, 2.45) is 5.92 Å². The smallest absolute Gasteiger partial charge is 0.266 e. The first kappa shape index (κ1) is 13.3. The van der Waals surface area contributed by atoms with Crippen LogP contribution in [0, 0.1) is 18.3 Å². The van der Waals surface area contributed by atoms with Crippen molar-refractivity contribution in [1.29, 1.82) is 0 Å². The number of rotatable bonds is 5. The zero-order valence-corrected chi connectivity index (χ0v) is 10.7. The van der Waals surface area contributed by atoms with Crippen molar-refractivity contribution >= 4 is 28.2 Å². The SMILES string of the molecule is C#CCNC(=O)c1sc(NCC(C)C)nc1N. The average Bonchev–Trinajstić information content (AvgIpc) is 2.65. The molecule has 0 saturated heterocycles. The first-order valence-corrected chi connectivity index (χ1v) is 6.08. The monoisotopic (exact) mass is 252 g/mol. The summed E-state index contributed by atoms with van der Waals surface area (Å²) in [7, 11) is 0. The molecule has 0 aliphatic rings. The molecule has 0 aliphatic heterocycles. The minimum Gasteiger partial charge on any atom is -0.382 e. The van der Waals surface area contributed by atoms with Gasteiger partial charge in [-0.05, 0) is 5.92 Å². The van der Waals surface area contributed by atoms with Crippen LogP contribution in [0.1, 0.15) is 23.5 Å². The number of aromatic nitrogens is 1. The predicted molar refractivity (Wildman–Crippen MR) is 71.0 cm³/mol. The van der Waals surface area contributed by atoms with E-state index in [2.05, 4.69) is 35.4 Å². The number of nitrogens with one attached hydrogen (secondary N) is 2. The molecule has 0 aliphatic carbocycles. The van der Waals surface area contributed by atoms with Crippen LogP contribution < -0.4 is 16.4 Å². The van der Waals surface area contributed by atoms with E-state index < -0.39 is 0 Å². The van der Waals surface area contributed by atoms with Gasteiger partial charge in [0.2, 0.25) is 0 Å². The lowest BCUT2D eigenvalue weighted by molar-refractivity contribution is 0.0963. The van der Waals surface area contributed by atoms with Gasteiger partial charge in [-0.1, -0.05) is 31.1 Å².